The molecule has 0 saturated heterocycles. The maximum atomic E-state index is 5.63. The number of nitrogens with two attached hydrogens (primary N) is 1. The van der Waals surface area contributed by atoms with E-state index in [2.05, 4.69) is 46.6 Å². The van der Waals surface area contributed by atoms with E-state index in [1.54, 1.807) is 11.3 Å². The van der Waals surface area contributed by atoms with Gasteiger partial charge in [-0.2, -0.15) is 0 Å². The van der Waals surface area contributed by atoms with Gasteiger partial charge in [-0.15, -0.1) is 11.3 Å². The Kier molecular flexibility index (Phi) is 3.22. The molecular formula is C11H17BrN2S. The van der Waals surface area contributed by atoms with Gasteiger partial charge in [0.1, 0.15) is 0 Å². The highest BCUT2D eigenvalue weighted by Crippen LogP contribution is 2.54. The van der Waals surface area contributed by atoms with Gasteiger partial charge >= 0.3 is 0 Å². The van der Waals surface area contributed by atoms with E-state index in [4.69, 9.17) is 5.84 Å². The van der Waals surface area contributed by atoms with E-state index in [0.717, 1.165) is 12.3 Å². The lowest BCUT2D eigenvalue weighted by Crippen LogP contribution is -2.39. The molecule has 0 bridgehead atoms. The number of hydrogen-bond donors (Lipinski definition) is 2. The van der Waals surface area contributed by atoms with Crippen LogP contribution in [0.2, 0.25) is 0 Å². The third-order valence-electron chi connectivity index (χ3n) is 3.33. The summed E-state index contributed by atoms with van der Waals surface area (Å²) in [5.41, 5.74) is 3.45. The molecule has 0 aromatic carbocycles. The fraction of sp³-hybridized carbons (Fsp3) is 0.636. The quantitative estimate of drug-likeness (QED) is 0.660. The zero-order valence-corrected chi connectivity index (χ0v) is 11.5. The van der Waals surface area contributed by atoms with Gasteiger partial charge in [0.2, 0.25) is 0 Å². The molecule has 2 atom stereocenters. The Labute approximate surface area is 103 Å². The molecule has 0 amide bonds. The fourth-order valence-electron chi connectivity index (χ4n) is 2.19. The summed E-state index contributed by atoms with van der Waals surface area (Å²) in [4.78, 5) is 1.40. The minimum absolute atomic E-state index is 0.422. The van der Waals surface area contributed by atoms with Crippen molar-refractivity contribution in [2.24, 2.45) is 17.2 Å². The lowest BCUT2D eigenvalue weighted by molar-refractivity contribution is 0.410. The second-order valence-corrected chi connectivity index (χ2v) is 6.92. The molecule has 1 heterocycles. The van der Waals surface area contributed by atoms with Gasteiger partial charge in [0.25, 0.3) is 0 Å². The average Bonchev–Trinajstić information content (AvgIpc) is 2.59. The van der Waals surface area contributed by atoms with Crippen LogP contribution in [0.3, 0.4) is 0 Å². The minimum Gasteiger partial charge on any atom is -0.271 e. The first-order chi connectivity index (χ1) is 7.03. The molecule has 84 valence electrons. The van der Waals surface area contributed by atoms with Crippen molar-refractivity contribution in [2.75, 3.05) is 0 Å². The molecule has 0 aliphatic heterocycles. The normalized spacial score (nSPS) is 25.2. The molecule has 1 aliphatic carbocycles. The number of thiophene rings is 1. The monoisotopic (exact) mass is 288 g/mol. The first-order valence-electron chi connectivity index (χ1n) is 5.22. The van der Waals surface area contributed by atoms with Gasteiger partial charge in [-0.25, -0.2) is 0 Å². The molecule has 3 N–H and O–H groups in total. The second-order valence-electron chi connectivity index (χ2n) is 5.01. The van der Waals surface area contributed by atoms with Gasteiger partial charge in [0.15, 0.2) is 0 Å². The molecule has 4 heteroatoms. The molecule has 2 unspecified atom stereocenters. The molecule has 0 radical (unpaired) electrons. The molecular weight excluding hydrogens is 272 g/mol. The predicted octanol–water partition coefficient (Wildman–Crippen LogP) is 2.93. The van der Waals surface area contributed by atoms with Crippen LogP contribution in [-0.2, 0) is 6.42 Å². The molecule has 1 fully saturated rings. The van der Waals surface area contributed by atoms with E-state index in [1.165, 1.54) is 15.8 Å². The summed E-state index contributed by atoms with van der Waals surface area (Å²) in [7, 11) is 0. The predicted molar refractivity (Wildman–Crippen MR) is 68.7 cm³/mol. The Bertz CT molecular complexity index is 348. The summed E-state index contributed by atoms with van der Waals surface area (Å²) in [5, 5.41) is 2.13. The van der Waals surface area contributed by atoms with Crippen molar-refractivity contribution in [2.45, 2.75) is 32.7 Å². The van der Waals surface area contributed by atoms with Crippen molar-refractivity contribution in [3.8, 4) is 0 Å². The zero-order valence-electron chi connectivity index (χ0n) is 9.09. The van der Waals surface area contributed by atoms with Crippen molar-refractivity contribution >= 4 is 27.3 Å². The first kappa shape index (κ1) is 11.6. The topological polar surface area (TPSA) is 38.0 Å². The van der Waals surface area contributed by atoms with Crippen molar-refractivity contribution < 1.29 is 0 Å². The lowest BCUT2D eigenvalue weighted by atomic mass is 10.0. The van der Waals surface area contributed by atoms with Crippen LogP contribution in [0, 0.1) is 11.3 Å². The van der Waals surface area contributed by atoms with Crippen LogP contribution in [0.4, 0.5) is 0 Å². The van der Waals surface area contributed by atoms with Crippen molar-refractivity contribution in [1.29, 1.82) is 0 Å². The summed E-state index contributed by atoms with van der Waals surface area (Å²) >= 11 is 5.27. The SMILES string of the molecule is CC1(C)CC1C(Cc1cc(Br)cs1)NN. The highest BCUT2D eigenvalue weighted by molar-refractivity contribution is 9.10. The average molecular weight is 289 g/mol. The Balaban J connectivity index is 1.98. The van der Waals surface area contributed by atoms with Crippen molar-refractivity contribution in [3.63, 3.8) is 0 Å². The largest absolute Gasteiger partial charge is 0.271 e. The number of rotatable bonds is 4. The Morgan fingerprint density at radius 3 is 2.80 bits per heavy atom. The van der Waals surface area contributed by atoms with E-state index in [-0.39, 0.29) is 0 Å². The van der Waals surface area contributed by atoms with Gasteiger partial charge in [-0.3, -0.25) is 11.3 Å². The number of halogens is 1. The van der Waals surface area contributed by atoms with Gasteiger partial charge in [0.05, 0.1) is 0 Å². The van der Waals surface area contributed by atoms with E-state index in [0.29, 0.717) is 11.5 Å². The maximum Gasteiger partial charge on any atom is 0.0292 e. The van der Waals surface area contributed by atoms with Gasteiger partial charge in [0, 0.05) is 20.8 Å². The van der Waals surface area contributed by atoms with Crippen LogP contribution in [0.25, 0.3) is 0 Å². The molecule has 2 nitrogen and oxygen atoms in total. The zero-order chi connectivity index (χ0) is 11.1. The van der Waals surface area contributed by atoms with Gasteiger partial charge in [-0.1, -0.05) is 13.8 Å². The van der Waals surface area contributed by atoms with Crippen molar-refractivity contribution in [3.05, 3.63) is 20.8 Å². The van der Waals surface area contributed by atoms with Crippen LogP contribution in [0.5, 0.6) is 0 Å². The molecule has 15 heavy (non-hydrogen) atoms. The smallest absolute Gasteiger partial charge is 0.0292 e. The van der Waals surface area contributed by atoms with E-state index >= 15 is 0 Å². The lowest BCUT2D eigenvalue weighted by Gasteiger charge is -2.16. The second kappa shape index (κ2) is 4.17. The molecule has 1 aliphatic rings. The molecule has 1 saturated carbocycles. The molecule has 2 rings (SSSR count). The Morgan fingerprint density at radius 1 is 1.73 bits per heavy atom. The van der Waals surface area contributed by atoms with Crippen LogP contribution in [-0.4, -0.2) is 6.04 Å². The van der Waals surface area contributed by atoms with Gasteiger partial charge < -0.3 is 0 Å². The summed E-state index contributed by atoms with van der Waals surface area (Å²) in [6.45, 7) is 4.62. The van der Waals surface area contributed by atoms with Crippen LogP contribution in [0.1, 0.15) is 25.1 Å². The van der Waals surface area contributed by atoms with E-state index in [9.17, 15) is 0 Å². The number of nitrogens with one attached hydrogen (secondary N) is 1. The van der Waals surface area contributed by atoms with E-state index in [1.807, 2.05) is 0 Å². The van der Waals surface area contributed by atoms with Gasteiger partial charge in [-0.05, 0) is 46.2 Å². The summed E-state index contributed by atoms with van der Waals surface area (Å²) < 4.78 is 1.17. The molecule has 0 spiro atoms. The fourth-order valence-corrected chi connectivity index (χ4v) is 3.70. The van der Waals surface area contributed by atoms with Crippen molar-refractivity contribution in [1.82, 2.24) is 5.43 Å². The summed E-state index contributed by atoms with van der Waals surface area (Å²) in [5.74, 6) is 6.36. The Hall–Kier alpha value is 0.1000. The summed E-state index contributed by atoms with van der Waals surface area (Å²) in [6.07, 6.45) is 2.33. The van der Waals surface area contributed by atoms with Crippen LogP contribution in [0.15, 0.2) is 15.9 Å². The van der Waals surface area contributed by atoms with Crippen LogP contribution >= 0.6 is 27.3 Å². The number of hydrogen-bond acceptors (Lipinski definition) is 3. The van der Waals surface area contributed by atoms with E-state index < -0.39 is 0 Å². The molecule has 1 aromatic rings. The summed E-state index contributed by atoms with van der Waals surface area (Å²) in [6, 6.07) is 2.61. The maximum absolute atomic E-state index is 5.63. The third kappa shape index (κ3) is 2.61. The highest BCUT2D eigenvalue weighted by atomic mass is 79.9. The number of hydrazine groups is 1. The third-order valence-corrected chi connectivity index (χ3v) is 5.05. The standard InChI is InChI=1S/C11H17BrN2S/c1-11(2)5-9(11)10(14-13)4-8-3-7(12)6-15-8/h3,6,9-10,14H,4-5,13H2,1-2H3. The highest BCUT2D eigenvalue weighted by Gasteiger charge is 2.49. The minimum atomic E-state index is 0.422. The van der Waals surface area contributed by atoms with Crippen LogP contribution < -0.4 is 11.3 Å². The molecule has 1 aromatic heterocycles. The first-order valence-corrected chi connectivity index (χ1v) is 6.89. The Morgan fingerprint density at radius 2 is 2.40 bits per heavy atom.